The Bertz CT molecular complexity index is 647. The molecule has 2 aromatic rings. The Hall–Kier alpha value is -1.85. The lowest BCUT2D eigenvalue weighted by atomic mass is 10.1. The molecule has 22 heavy (non-hydrogen) atoms. The maximum absolute atomic E-state index is 11.7. The molecule has 0 atom stereocenters. The zero-order chi connectivity index (χ0) is 16.2. The number of hydrogen-bond acceptors (Lipinski definition) is 4. The lowest BCUT2D eigenvalue weighted by molar-refractivity contribution is -0.121. The Morgan fingerprint density at radius 2 is 2.14 bits per heavy atom. The molecule has 2 rings (SSSR count). The Labute approximate surface area is 134 Å². The van der Waals surface area contributed by atoms with Gasteiger partial charge < -0.3 is 15.5 Å². The van der Waals surface area contributed by atoms with E-state index >= 15 is 0 Å². The van der Waals surface area contributed by atoms with Crippen LogP contribution in [0.4, 0.5) is 0 Å². The van der Waals surface area contributed by atoms with Crippen LogP contribution in [0.5, 0.6) is 0 Å². The van der Waals surface area contributed by atoms with E-state index in [4.69, 9.17) is 21.8 Å². The molecule has 1 aromatic heterocycles. The monoisotopic (exact) mass is 321 g/mol. The second-order valence-corrected chi connectivity index (χ2v) is 6.27. The Balaban J connectivity index is 1.90. The first-order chi connectivity index (χ1) is 10.3. The summed E-state index contributed by atoms with van der Waals surface area (Å²) in [4.78, 5) is 15.9. The normalized spacial score (nSPS) is 11.5. The number of aryl methyl sites for hydroxylation is 1. The zero-order valence-corrected chi connectivity index (χ0v) is 13.5. The van der Waals surface area contributed by atoms with Crippen molar-refractivity contribution in [3.8, 4) is 11.3 Å². The summed E-state index contributed by atoms with van der Waals surface area (Å²) in [6, 6.07) is 7.39. The second kappa shape index (κ2) is 6.94. The van der Waals surface area contributed by atoms with Gasteiger partial charge in [0.2, 0.25) is 5.91 Å². The molecular formula is C16H20ClN3O2. The fraction of sp³-hybridized carbons (Fsp3) is 0.375. The number of carbonyl (C=O) groups excluding carboxylic acids is 1. The maximum Gasteiger partial charge on any atom is 0.220 e. The molecule has 3 N–H and O–H groups in total. The van der Waals surface area contributed by atoms with E-state index < -0.39 is 5.54 Å². The van der Waals surface area contributed by atoms with Gasteiger partial charge in [-0.05, 0) is 26.0 Å². The van der Waals surface area contributed by atoms with Crippen molar-refractivity contribution < 1.29 is 9.21 Å². The average Bonchev–Trinajstić information content (AvgIpc) is 2.91. The summed E-state index contributed by atoms with van der Waals surface area (Å²) in [5, 5.41) is 3.39. The van der Waals surface area contributed by atoms with E-state index in [0.29, 0.717) is 36.1 Å². The molecule has 5 nitrogen and oxygen atoms in total. The molecule has 0 fully saturated rings. The van der Waals surface area contributed by atoms with E-state index in [9.17, 15) is 4.79 Å². The smallest absolute Gasteiger partial charge is 0.220 e. The molecule has 1 aromatic carbocycles. The first kappa shape index (κ1) is 16.5. The van der Waals surface area contributed by atoms with Gasteiger partial charge in [0.1, 0.15) is 0 Å². The van der Waals surface area contributed by atoms with E-state index in [1.807, 2.05) is 32.0 Å². The minimum Gasteiger partial charge on any atom is -0.441 e. The molecule has 0 bridgehead atoms. The van der Waals surface area contributed by atoms with Crippen LogP contribution in [0.1, 0.15) is 26.2 Å². The number of nitrogens with zero attached hydrogens (tertiary/aromatic N) is 1. The summed E-state index contributed by atoms with van der Waals surface area (Å²) >= 11 is 6.12. The minimum absolute atomic E-state index is 0.0731. The average molecular weight is 322 g/mol. The highest BCUT2D eigenvalue weighted by Gasteiger charge is 2.14. The molecular weight excluding hydrogens is 302 g/mol. The number of halogens is 1. The molecule has 0 aliphatic rings. The number of amides is 1. The molecule has 0 aliphatic carbocycles. The van der Waals surface area contributed by atoms with Crippen LogP contribution < -0.4 is 11.1 Å². The van der Waals surface area contributed by atoms with Gasteiger partial charge in [-0.3, -0.25) is 4.79 Å². The summed E-state index contributed by atoms with van der Waals surface area (Å²) in [7, 11) is 0. The van der Waals surface area contributed by atoms with Gasteiger partial charge in [-0.1, -0.05) is 23.7 Å². The first-order valence-electron chi connectivity index (χ1n) is 7.10. The molecule has 0 unspecified atom stereocenters. The number of benzene rings is 1. The van der Waals surface area contributed by atoms with E-state index in [0.717, 1.165) is 5.56 Å². The Kier molecular flexibility index (Phi) is 5.21. The van der Waals surface area contributed by atoms with Crippen LogP contribution in [-0.2, 0) is 11.2 Å². The summed E-state index contributed by atoms with van der Waals surface area (Å²) in [6.45, 7) is 4.15. The zero-order valence-electron chi connectivity index (χ0n) is 12.7. The lowest BCUT2D eigenvalue weighted by Gasteiger charge is -2.18. The molecule has 0 saturated heterocycles. The maximum atomic E-state index is 11.7. The fourth-order valence-corrected chi connectivity index (χ4v) is 2.08. The number of oxazole rings is 1. The van der Waals surface area contributed by atoms with E-state index in [-0.39, 0.29) is 5.91 Å². The van der Waals surface area contributed by atoms with Gasteiger partial charge >= 0.3 is 0 Å². The third-order valence-corrected chi connectivity index (χ3v) is 3.33. The van der Waals surface area contributed by atoms with Crippen molar-refractivity contribution in [1.82, 2.24) is 10.3 Å². The van der Waals surface area contributed by atoms with E-state index in [1.54, 1.807) is 12.3 Å². The Morgan fingerprint density at radius 3 is 2.82 bits per heavy atom. The number of hydrogen-bond donors (Lipinski definition) is 2. The van der Waals surface area contributed by atoms with Crippen molar-refractivity contribution in [2.75, 3.05) is 6.54 Å². The van der Waals surface area contributed by atoms with Crippen LogP contribution in [0.2, 0.25) is 5.02 Å². The summed E-state index contributed by atoms with van der Waals surface area (Å²) < 4.78 is 5.65. The predicted molar refractivity (Wildman–Crippen MR) is 86.5 cm³/mol. The summed E-state index contributed by atoms with van der Waals surface area (Å²) in [6.07, 6.45) is 2.36. The van der Waals surface area contributed by atoms with E-state index in [1.165, 1.54) is 0 Å². The van der Waals surface area contributed by atoms with Gasteiger partial charge in [0.25, 0.3) is 0 Å². The van der Waals surface area contributed by atoms with Crippen molar-refractivity contribution >= 4 is 17.5 Å². The standard InChI is InChI=1S/C16H20ClN3O2/c1-16(2,18)10-20-14(21)7-8-15-19-9-13(22-15)11-5-3-4-6-12(11)17/h3-6,9H,7-8,10,18H2,1-2H3,(H,20,21). The van der Waals surface area contributed by atoms with Crippen LogP contribution in [0.15, 0.2) is 34.9 Å². The van der Waals surface area contributed by atoms with E-state index in [2.05, 4.69) is 10.3 Å². The summed E-state index contributed by atoms with van der Waals surface area (Å²) in [5.74, 6) is 1.04. The third kappa shape index (κ3) is 4.86. The molecule has 6 heteroatoms. The van der Waals surface area contributed by atoms with Gasteiger partial charge in [0, 0.05) is 30.5 Å². The predicted octanol–water partition coefficient (Wildman–Crippen LogP) is 2.78. The van der Waals surface area contributed by atoms with Crippen LogP contribution in [0.3, 0.4) is 0 Å². The third-order valence-electron chi connectivity index (χ3n) is 3.00. The Morgan fingerprint density at radius 1 is 1.41 bits per heavy atom. The van der Waals surface area contributed by atoms with Crippen LogP contribution >= 0.6 is 11.6 Å². The van der Waals surface area contributed by atoms with Crippen molar-refractivity contribution in [2.24, 2.45) is 5.73 Å². The van der Waals surface area contributed by atoms with Crippen molar-refractivity contribution in [3.63, 3.8) is 0 Å². The van der Waals surface area contributed by atoms with Gasteiger partial charge in [0.05, 0.1) is 11.2 Å². The van der Waals surface area contributed by atoms with Gasteiger partial charge in [0.15, 0.2) is 11.7 Å². The molecule has 0 saturated carbocycles. The van der Waals surface area contributed by atoms with Crippen LogP contribution in [0.25, 0.3) is 11.3 Å². The van der Waals surface area contributed by atoms with Crippen LogP contribution in [-0.4, -0.2) is 23.0 Å². The second-order valence-electron chi connectivity index (χ2n) is 5.86. The van der Waals surface area contributed by atoms with Gasteiger partial charge in [-0.2, -0.15) is 0 Å². The van der Waals surface area contributed by atoms with Crippen LogP contribution in [0, 0.1) is 0 Å². The fourth-order valence-electron chi connectivity index (χ4n) is 1.85. The highest BCUT2D eigenvalue weighted by Crippen LogP contribution is 2.28. The molecule has 0 radical (unpaired) electrons. The molecule has 0 spiro atoms. The number of rotatable bonds is 6. The molecule has 118 valence electrons. The van der Waals surface area contributed by atoms with Gasteiger partial charge in [-0.25, -0.2) is 4.98 Å². The number of aromatic nitrogens is 1. The first-order valence-corrected chi connectivity index (χ1v) is 7.48. The number of nitrogens with two attached hydrogens (primary N) is 1. The summed E-state index contributed by atoms with van der Waals surface area (Å²) in [5.41, 5.74) is 6.18. The molecule has 0 aliphatic heterocycles. The largest absolute Gasteiger partial charge is 0.441 e. The van der Waals surface area contributed by atoms with Gasteiger partial charge in [-0.15, -0.1) is 0 Å². The highest BCUT2D eigenvalue weighted by atomic mass is 35.5. The molecule has 1 amide bonds. The van der Waals surface area contributed by atoms with Crippen molar-refractivity contribution in [1.29, 1.82) is 0 Å². The lowest BCUT2D eigenvalue weighted by Crippen LogP contribution is -2.45. The number of nitrogens with one attached hydrogen (secondary N) is 1. The quantitative estimate of drug-likeness (QED) is 0.857. The molecule has 1 heterocycles. The number of carbonyl (C=O) groups is 1. The minimum atomic E-state index is -0.421. The SMILES string of the molecule is CC(C)(N)CNC(=O)CCc1ncc(-c2ccccc2Cl)o1. The van der Waals surface area contributed by atoms with Crippen molar-refractivity contribution in [3.05, 3.63) is 41.4 Å². The van der Waals surface area contributed by atoms with Crippen molar-refractivity contribution in [2.45, 2.75) is 32.2 Å². The topological polar surface area (TPSA) is 81.1 Å². The highest BCUT2D eigenvalue weighted by molar-refractivity contribution is 6.33.